The minimum atomic E-state index is -3.35. The summed E-state index contributed by atoms with van der Waals surface area (Å²) >= 11 is 7.08. The molecule has 1 aromatic carbocycles. The molecular formula is C12H11ClN2O3S2. The van der Waals surface area contributed by atoms with Gasteiger partial charge in [-0.1, -0.05) is 35.5 Å². The van der Waals surface area contributed by atoms with E-state index < -0.39 is 15.4 Å². The quantitative estimate of drug-likeness (QED) is 0.860. The molecule has 0 aliphatic heterocycles. The lowest BCUT2D eigenvalue weighted by Crippen LogP contribution is -2.19. The standard InChI is InChI=1S/C12H11ClN2O3S2/c1-15-12(16)11(13)9(7-14-15)19-8-5-3-4-6-10(8)20(2,17)18/h3-7H,1-2H3. The molecule has 0 unspecified atom stereocenters. The van der Waals surface area contributed by atoms with E-state index >= 15 is 0 Å². The van der Waals surface area contributed by atoms with Crippen LogP contribution in [0.2, 0.25) is 5.02 Å². The topological polar surface area (TPSA) is 69.0 Å². The zero-order valence-electron chi connectivity index (χ0n) is 10.7. The van der Waals surface area contributed by atoms with Gasteiger partial charge < -0.3 is 0 Å². The van der Waals surface area contributed by atoms with Gasteiger partial charge in [-0.15, -0.1) is 0 Å². The van der Waals surface area contributed by atoms with Crippen molar-refractivity contribution < 1.29 is 8.42 Å². The Kier molecular flexibility index (Phi) is 4.22. The van der Waals surface area contributed by atoms with Crippen molar-refractivity contribution in [2.45, 2.75) is 14.7 Å². The maximum Gasteiger partial charge on any atom is 0.286 e. The molecule has 2 aromatic rings. The average Bonchev–Trinajstić information content (AvgIpc) is 2.39. The van der Waals surface area contributed by atoms with Crippen LogP contribution < -0.4 is 5.56 Å². The Balaban J connectivity index is 2.52. The fourth-order valence-electron chi connectivity index (χ4n) is 1.53. The average molecular weight is 331 g/mol. The third kappa shape index (κ3) is 3.05. The molecule has 0 spiro atoms. The van der Waals surface area contributed by atoms with Gasteiger partial charge in [0.1, 0.15) is 5.02 Å². The van der Waals surface area contributed by atoms with Gasteiger partial charge in [-0.25, -0.2) is 13.1 Å². The first-order valence-corrected chi connectivity index (χ1v) is 8.58. The smallest absolute Gasteiger partial charge is 0.266 e. The summed E-state index contributed by atoms with van der Waals surface area (Å²) in [7, 11) is -1.86. The zero-order chi connectivity index (χ0) is 14.9. The number of sulfone groups is 1. The number of hydrogen-bond acceptors (Lipinski definition) is 5. The summed E-state index contributed by atoms with van der Waals surface area (Å²) in [5, 5.41) is 3.90. The third-order valence-electron chi connectivity index (χ3n) is 2.51. The molecule has 106 valence electrons. The van der Waals surface area contributed by atoms with Gasteiger partial charge in [0, 0.05) is 18.2 Å². The van der Waals surface area contributed by atoms with Crippen LogP contribution in [0.3, 0.4) is 0 Å². The Hall–Kier alpha value is -1.31. The number of halogens is 1. The largest absolute Gasteiger partial charge is 0.286 e. The van der Waals surface area contributed by atoms with Crippen LogP contribution in [0.1, 0.15) is 0 Å². The van der Waals surface area contributed by atoms with E-state index in [1.807, 2.05) is 0 Å². The van der Waals surface area contributed by atoms with E-state index in [1.165, 1.54) is 19.3 Å². The van der Waals surface area contributed by atoms with Crippen LogP contribution in [0.25, 0.3) is 0 Å². The first-order valence-electron chi connectivity index (χ1n) is 5.49. The third-order valence-corrected chi connectivity index (χ3v) is 5.38. The lowest BCUT2D eigenvalue weighted by Gasteiger charge is -2.08. The highest BCUT2D eigenvalue weighted by Gasteiger charge is 2.16. The van der Waals surface area contributed by atoms with E-state index in [0.29, 0.717) is 9.79 Å². The maximum atomic E-state index is 11.7. The molecule has 0 saturated carbocycles. The van der Waals surface area contributed by atoms with E-state index in [-0.39, 0.29) is 9.92 Å². The van der Waals surface area contributed by atoms with Gasteiger partial charge in [-0.05, 0) is 12.1 Å². The predicted octanol–water partition coefficient (Wildman–Crippen LogP) is 1.99. The lowest BCUT2D eigenvalue weighted by atomic mass is 10.4. The Labute approximate surface area is 125 Å². The SMILES string of the molecule is Cn1ncc(Sc2ccccc2S(C)(=O)=O)c(Cl)c1=O. The molecule has 0 bridgehead atoms. The molecule has 2 rings (SSSR count). The molecule has 5 nitrogen and oxygen atoms in total. The maximum absolute atomic E-state index is 11.7. The summed E-state index contributed by atoms with van der Waals surface area (Å²) in [4.78, 5) is 12.8. The van der Waals surface area contributed by atoms with E-state index in [9.17, 15) is 13.2 Å². The van der Waals surface area contributed by atoms with Crippen LogP contribution in [-0.4, -0.2) is 24.5 Å². The summed E-state index contributed by atoms with van der Waals surface area (Å²) in [6, 6.07) is 6.54. The second kappa shape index (κ2) is 5.59. The Bertz CT molecular complexity index is 816. The van der Waals surface area contributed by atoms with Gasteiger partial charge in [0.15, 0.2) is 9.84 Å². The molecule has 1 aromatic heterocycles. The van der Waals surface area contributed by atoms with Crippen molar-refractivity contribution in [3.63, 3.8) is 0 Å². The predicted molar refractivity (Wildman–Crippen MR) is 78.2 cm³/mol. The normalized spacial score (nSPS) is 11.6. The molecule has 0 N–H and O–H groups in total. The van der Waals surface area contributed by atoms with Crippen molar-refractivity contribution in [2.24, 2.45) is 7.05 Å². The van der Waals surface area contributed by atoms with Crippen molar-refractivity contribution in [1.82, 2.24) is 9.78 Å². The van der Waals surface area contributed by atoms with Crippen molar-refractivity contribution >= 4 is 33.2 Å². The van der Waals surface area contributed by atoms with E-state index in [1.54, 1.807) is 18.2 Å². The fourth-order valence-corrected chi connectivity index (χ4v) is 3.98. The Morgan fingerprint density at radius 2 is 1.90 bits per heavy atom. The molecular weight excluding hydrogens is 320 g/mol. The Morgan fingerprint density at radius 3 is 2.55 bits per heavy atom. The molecule has 1 heterocycles. The first kappa shape index (κ1) is 15.1. The molecule has 20 heavy (non-hydrogen) atoms. The number of aryl methyl sites for hydroxylation is 1. The molecule has 0 aliphatic carbocycles. The minimum Gasteiger partial charge on any atom is -0.266 e. The molecule has 8 heteroatoms. The first-order chi connectivity index (χ1) is 9.30. The van der Waals surface area contributed by atoms with E-state index in [0.717, 1.165) is 22.7 Å². The highest BCUT2D eigenvalue weighted by Crippen LogP contribution is 2.34. The van der Waals surface area contributed by atoms with Crippen molar-refractivity contribution in [3.05, 3.63) is 45.8 Å². The van der Waals surface area contributed by atoms with Gasteiger partial charge in [0.25, 0.3) is 5.56 Å². The van der Waals surface area contributed by atoms with Crippen LogP contribution in [0.5, 0.6) is 0 Å². The lowest BCUT2D eigenvalue weighted by molar-refractivity contribution is 0.600. The molecule has 0 saturated heterocycles. The van der Waals surface area contributed by atoms with Gasteiger partial charge in [0.2, 0.25) is 0 Å². The molecule has 0 fully saturated rings. The highest BCUT2D eigenvalue weighted by atomic mass is 35.5. The van der Waals surface area contributed by atoms with Crippen LogP contribution in [0.15, 0.2) is 49.9 Å². The van der Waals surface area contributed by atoms with Gasteiger partial charge in [0.05, 0.1) is 16.0 Å². The van der Waals surface area contributed by atoms with Crippen LogP contribution in [0, 0.1) is 0 Å². The summed E-state index contributed by atoms with van der Waals surface area (Å²) in [6.07, 6.45) is 2.57. The molecule has 0 aliphatic rings. The summed E-state index contributed by atoms with van der Waals surface area (Å²) in [5.41, 5.74) is -0.423. The van der Waals surface area contributed by atoms with Crippen molar-refractivity contribution in [1.29, 1.82) is 0 Å². The molecule has 0 amide bonds. The summed E-state index contributed by atoms with van der Waals surface area (Å²) in [5.74, 6) is 0. The minimum absolute atomic E-state index is 0.0239. The number of hydrogen-bond donors (Lipinski definition) is 0. The van der Waals surface area contributed by atoms with Crippen LogP contribution in [-0.2, 0) is 16.9 Å². The van der Waals surface area contributed by atoms with Crippen molar-refractivity contribution in [2.75, 3.05) is 6.26 Å². The summed E-state index contributed by atoms with van der Waals surface area (Å²) < 4.78 is 24.6. The number of benzene rings is 1. The Morgan fingerprint density at radius 1 is 1.25 bits per heavy atom. The van der Waals surface area contributed by atoms with Gasteiger partial charge in [-0.2, -0.15) is 5.10 Å². The van der Waals surface area contributed by atoms with E-state index in [2.05, 4.69) is 5.10 Å². The van der Waals surface area contributed by atoms with Crippen LogP contribution >= 0.6 is 23.4 Å². The number of nitrogens with zero attached hydrogens (tertiary/aromatic N) is 2. The highest BCUT2D eigenvalue weighted by molar-refractivity contribution is 8.00. The number of rotatable bonds is 3. The van der Waals surface area contributed by atoms with Gasteiger partial charge in [-0.3, -0.25) is 4.79 Å². The molecule has 0 radical (unpaired) electrons. The monoisotopic (exact) mass is 330 g/mol. The van der Waals surface area contributed by atoms with Crippen molar-refractivity contribution in [3.8, 4) is 0 Å². The molecule has 0 atom stereocenters. The number of aromatic nitrogens is 2. The summed E-state index contributed by atoms with van der Waals surface area (Å²) in [6.45, 7) is 0. The van der Waals surface area contributed by atoms with E-state index in [4.69, 9.17) is 11.6 Å². The van der Waals surface area contributed by atoms with Gasteiger partial charge >= 0.3 is 0 Å². The second-order valence-electron chi connectivity index (χ2n) is 4.07. The fraction of sp³-hybridized carbons (Fsp3) is 0.167. The van der Waals surface area contributed by atoms with Crippen LogP contribution in [0.4, 0.5) is 0 Å². The second-order valence-corrected chi connectivity index (χ2v) is 7.52. The zero-order valence-corrected chi connectivity index (χ0v) is 13.1.